The third kappa shape index (κ3) is 2.52. The average molecular weight is 296 g/mol. The van der Waals surface area contributed by atoms with Crippen LogP contribution in [0.25, 0.3) is 10.2 Å². The maximum absolute atomic E-state index is 5.93. The van der Waals surface area contributed by atoms with Crippen LogP contribution in [-0.4, -0.2) is 18.1 Å². The highest BCUT2D eigenvalue weighted by Crippen LogP contribution is 2.28. The van der Waals surface area contributed by atoms with Crippen LogP contribution in [0, 0.1) is 0 Å². The van der Waals surface area contributed by atoms with Gasteiger partial charge in [-0.2, -0.15) is 0 Å². The van der Waals surface area contributed by atoms with Gasteiger partial charge in [-0.25, -0.2) is 4.98 Å². The highest BCUT2D eigenvalue weighted by atomic mass is 32.1. The third-order valence-corrected chi connectivity index (χ3v) is 4.71. The minimum absolute atomic E-state index is 0.132. The Morgan fingerprint density at radius 2 is 2.19 bits per heavy atom. The smallest absolute Gasteiger partial charge is 0.0999 e. The summed E-state index contributed by atoms with van der Waals surface area (Å²) >= 11 is 1.67. The number of rotatable bonds is 3. The SMILES string of the molecule is c1ccc2c(c1)CCOC2CNc1ccc2ncsc2c1. The summed E-state index contributed by atoms with van der Waals surface area (Å²) in [5.74, 6) is 0. The summed E-state index contributed by atoms with van der Waals surface area (Å²) in [5.41, 5.74) is 6.79. The first kappa shape index (κ1) is 12.8. The summed E-state index contributed by atoms with van der Waals surface area (Å²) in [5, 5.41) is 3.49. The van der Waals surface area contributed by atoms with E-state index in [0.717, 1.165) is 30.8 Å². The van der Waals surface area contributed by atoms with Crippen LogP contribution in [0.5, 0.6) is 0 Å². The number of thiazole rings is 1. The van der Waals surface area contributed by atoms with Crippen LogP contribution in [0.3, 0.4) is 0 Å². The number of nitrogens with zero attached hydrogens (tertiary/aromatic N) is 1. The molecule has 0 saturated carbocycles. The van der Waals surface area contributed by atoms with Gasteiger partial charge in [0.05, 0.1) is 28.4 Å². The Morgan fingerprint density at radius 1 is 1.24 bits per heavy atom. The van der Waals surface area contributed by atoms with Crippen molar-refractivity contribution in [3.05, 3.63) is 59.1 Å². The fraction of sp³-hybridized carbons (Fsp3) is 0.235. The molecule has 0 aliphatic carbocycles. The number of nitrogens with one attached hydrogen (secondary N) is 1. The minimum atomic E-state index is 0.132. The van der Waals surface area contributed by atoms with Gasteiger partial charge in [-0.15, -0.1) is 11.3 Å². The van der Waals surface area contributed by atoms with E-state index in [9.17, 15) is 0 Å². The predicted molar refractivity (Wildman–Crippen MR) is 86.9 cm³/mol. The Labute approximate surface area is 127 Å². The number of ether oxygens (including phenoxy) is 1. The number of fused-ring (bicyclic) bond motifs is 2. The van der Waals surface area contributed by atoms with E-state index in [1.807, 2.05) is 5.51 Å². The molecule has 0 radical (unpaired) electrons. The number of benzene rings is 2. The van der Waals surface area contributed by atoms with Crippen LogP contribution in [0.2, 0.25) is 0 Å². The Balaban J connectivity index is 1.52. The molecule has 0 amide bonds. The van der Waals surface area contributed by atoms with E-state index in [1.165, 1.54) is 15.8 Å². The summed E-state index contributed by atoms with van der Waals surface area (Å²) in [6, 6.07) is 14.9. The maximum atomic E-state index is 5.93. The largest absolute Gasteiger partial charge is 0.382 e. The molecule has 2 aromatic carbocycles. The van der Waals surface area contributed by atoms with Gasteiger partial charge in [0.25, 0.3) is 0 Å². The second-order valence-electron chi connectivity index (χ2n) is 5.22. The molecule has 1 N–H and O–H groups in total. The summed E-state index contributed by atoms with van der Waals surface area (Å²) in [4.78, 5) is 4.31. The van der Waals surface area contributed by atoms with Crippen molar-refractivity contribution in [3.8, 4) is 0 Å². The van der Waals surface area contributed by atoms with Crippen LogP contribution in [0.4, 0.5) is 5.69 Å². The van der Waals surface area contributed by atoms with E-state index < -0.39 is 0 Å². The molecule has 1 aromatic heterocycles. The standard InChI is InChI=1S/C17H16N2OS/c1-2-4-14-12(3-1)7-8-20-16(14)10-18-13-5-6-15-17(9-13)21-11-19-15/h1-6,9,11,16,18H,7-8,10H2. The van der Waals surface area contributed by atoms with Crippen molar-refractivity contribution < 1.29 is 4.74 Å². The summed E-state index contributed by atoms with van der Waals surface area (Å²) in [6.45, 7) is 1.60. The molecule has 3 aromatic rings. The third-order valence-electron chi connectivity index (χ3n) is 3.92. The van der Waals surface area contributed by atoms with Crippen LogP contribution < -0.4 is 5.32 Å². The van der Waals surface area contributed by atoms with Gasteiger partial charge in [-0.1, -0.05) is 24.3 Å². The second kappa shape index (κ2) is 5.47. The van der Waals surface area contributed by atoms with Gasteiger partial charge in [0.1, 0.15) is 0 Å². The normalized spacial score (nSPS) is 17.6. The lowest BCUT2D eigenvalue weighted by molar-refractivity contribution is 0.0513. The first-order chi connectivity index (χ1) is 10.4. The first-order valence-electron chi connectivity index (χ1n) is 7.17. The van der Waals surface area contributed by atoms with Crippen molar-refractivity contribution in [2.24, 2.45) is 0 Å². The molecule has 4 heteroatoms. The summed E-state index contributed by atoms with van der Waals surface area (Å²) in [6.07, 6.45) is 1.14. The van der Waals surface area contributed by atoms with Crippen LogP contribution in [-0.2, 0) is 11.2 Å². The fourth-order valence-corrected chi connectivity index (χ4v) is 3.54. The molecular weight excluding hydrogens is 280 g/mol. The Bertz CT molecular complexity index is 768. The lowest BCUT2D eigenvalue weighted by atomic mass is 9.97. The maximum Gasteiger partial charge on any atom is 0.0999 e. The molecule has 106 valence electrons. The number of aromatic nitrogens is 1. The molecule has 1 aliphatic rings. The zero-order valence-electron chi connectivity index (χ0n) is 11.6. The molecule has 2 heterocycles. The molecule has 0 fully saturated rings. The molecule has 0 spiro atoms. The minimum Gasteiger partial charge on any atom is -0.382 e. The van der Waals surface area contributed by atoms with E-state index in [1.54, 1.807) is 11.3 Å². The van der Waals surface area contributed by atoms with E-state index >= 15 is 0 Å². The zero-order chi connectivity index (χ0) is 14.1. The van der Waals surface area contributed by atoms with Gasteiger partial charge >= 0.3 is 0 Å². The van der Waals surface area contributed by atoms with E-state index in [2.05, 4.69) is 52.8 Å². The van der Waals surface area contributed by atoms with Crippen molar-refractivity contribution in [3.63, 3.8) is 0 Å². The van der Waals surface area contributed by atoms with Crippen molar-refractivity contribution in [2.75, 3.05) is 18.5 Å². The fourth-order valence-electron chi connectivity index (χ4n) is 2.82. The molecule has 1 unspecified atom stereocenters. The second-order valence-corrected chi connectivity index (χ2v) is 6.11. The zero-order valence-corrected chi connectivity index (χ0v) is 12.4. The Hall–Kier alpha value is -1.91. The van der Waals surface area contributed by atoms with Gasteiger partial charge in [0.2, 0.25) is 0 Å². The average Bonchev–Trinajstić information content (AvgIpc) is 3.00. The van der Waals surface area contributed by atoms with E-state index in [4.69, 9.17) is 4.74 Å². The number of anilines is 1. The molecule has 1 aliphatic heterocycles. The van der Waals surface area contributed by atoms with Crippen LogP contribution >= 0.6 is 11.3 Å². The molecule has 4 rings (SSSR count). The van der Waals surface area contributed by atoms with Crippen LogP contribution in [0.15, 0.2) is 48.0 Å². The van der Waals surface area contributed by atoms with Crippen molar-refractivity contribution in [1.29, 1.82) is 0 Å². The van der Waals surface area contributed by atoms with Crippen molar-refractivity contribution in [2.45, 2.75) is 12.5 Å². The topological polar surface area (TPSA) is 34.1 Å². The Morgan fingerprint density at radius 3 is 3.19 bits per heavy atom. The van der Waals surface area contributed by atoms with Crippen LogP contribution in [0.1, 0.15) is 17.2 Å². The highest BCUT2D eigenvalue weighted by molar-refractivity contribution is 7.16. The summed E-state index contributed by atoms with van der Waals surface area (Å²) < 4.78 is 7.14. The first-order valence-corrected chi connectivity index (χ1v) is 8.05. The molecule has 0 saturated heterocycles. The lowest BCUT2D eigenvalue weighted by Crippen LogP contribution is -2.22. The van der Waals surface area contributed by atoms with Gasteiger partial charge in [-0.3, -0.25) is 0 Å². The quantitative estimate of drug-likeness (QED) is 0.792. The van der Waals surface area contributed by atoms with Gasteiger partial charge < -0.3 is 10.1 Å². The Kier molecular flexibility index (Phi) is 3.33. The van der Waals surface area contributed by atoms with E-state index in [0.29, 0.717) is 0 Å². The van der Waals surface area contributed by atoms with Crippen molar-refractivity contribution in [1.82, 2.24) is 4.98 Å². The molecule has 3 nitrogen and oxygen atoms in total. The number of hydrogen-bond acceptors (Lipinski definition) is 4. The van der Waals surface area contributed by atoms with Crippen molar-refractivity contribution >= 4 is 27.2 Å². The van der Waals surface area contributed by atoms with Gasteiger partial charge in [-0.05, 0) is 35.7 Å². The highest BCUT2D eigenvalue weighted by Gasteiger charge is 2.19. The monoisotopic (exact) mass is 296 g/mol. The molecular formula is C17H16N2OS. The van der Waals surface area contributed by atoms with E-state index in [-0.39, 0.29) is 6.10 Å². The summed E-state index contributed by atoms with van der Waals surface area (Å²) in [7, 11) is 0. The molecule has 21 heavy (non-hydrogen) atoms. The molecule has 1 atom stereocenters. The van der Waals surface area contributed by atoms with Gasteiger partial charge in [0.15, 0.2) is 0 Å². The van der Waals surface area contributed by atoms with Gasteiger partial charge in [0, 0.05) is 12.2 Å². The lowest BCUT2D eigenvalue weighted by Gasteiger charge is -2.26. The molecule has 0 bridgehead atoms. The number of hydrogen-bond donors (Lipinski definition) is 1. The predicted octanol–water partition coefficient (Wildman–Crippen LogP) is 4.02.